The molecular formula is C17H18Cl2N2O2. The Kier molecular flexibility index (Phi) is 4.97. The van der Waals surface area contributed by atoms with Gasteiger partial charge in [0.15, 0.2) is 0 Å². The zero-order valence-corrected chi connectivity index (χ0v) is 14.1. The van der Waals surface area contributed by atoms with Gasteiger partial charge in [-0.2, -0.15) is 0 Å². The molecule has 0 amide bonds. The van der Waals surface area contributed by atoms with Gasteiger partial charge in [0, 0.05) is 47.4 Å². The van der Waals surface area contributed by atoms with Crippen LogP contribution in [0.3, 0.4) is 0 Å². The molecule has 23 heavy (non-hydrogen) atoms. The molecule has 6 heteroatoms. The topological polar surface area (TPSA) is 46.9 Å². The van der Waals surface area contributed by atoms with Crippen LogP contribution in [0.15, 0.2) is 36.4 Å². The van der Waals surface area contributed by atoms with Crippen LogP contribution in [0.25, 0.3) is 0 Å². The lowest BCUT2D eigenvalue weighted by Crippen LogP contribution is -2.25. The van der Waals surface area contributed by atoms with E-state index in [0.717, 1.165) is 30.9 Å². The molecule has 1 aliphatic heterocycles. The first-order chi connectivity index (χ1) is 11.0. The summed E-state index contributed by atoms with van der Waals surface area (Å²) in [5.74, 6) is 0.528. The number of halogens is 2. The number of phenols is 2. The highest BCUT2D eigenvalue weighted by Crippen LogP contribution is 2.26. The van der Waals surface area contributed by atoms with E-state index < -0.39 is 0 Å². The molecule has 0 aliphatic carbocycles. The third-order valence-electron chi connectivity index (χ3n) is 4.00. The van der Waals surface area contributed by atoms with Gasteiger partial charge < -0.3 is 10.2 Å². The normalized spacial score (nSPS) is 16.1. The molecule has 1 aliphatic rings. The van der Waals surface area contributed by atoms with E-state index in [1.165, 1.54) is 0 Å². The van der Waals surface area contributed by atoms with Gasteiger partial charge >= 0.3 is 0 Å². The summed E-state index contributed by atoms with van der Waals surface area (Å²) in [5, 5.41) is 21.1. The Balaban J connectivity index is 1.62. The molecule has 0 aromatic heterocycles. The van der Waals surface area contributed by atoms with Crippen LogP contribution < -0.4 is 0 Å². The van der Waals surface area contributed by atoms with Crippen LogP contribution >= 0.6 is 23.2 Å². The van der Waals surface area contributed by atoms with E-state index in [4.69, 9.17) is 23.2 Å². The molecule has 2 aromatic rings. The number of aromatic hydroxyl groups is 2. The molecule has 0 unspecified atom stereocenters. The Morgan fingerprint density at radius 1 is 0.783 bits per heavy atom. The van der Waals surface area contributed by atoms with Gasteiger partial charge in [-0.05, 0) is 36.4 Å². The Hall–Kier alpha value is -1.46. The molecule has 3 rings (SSSR count). The lowest BCUT2D eigenvalue weighted by atomic mass is 10.2. The van der Waals surface area contributed by atoms with Gasteiger partial charge in [-0.25, -0.2) is 0 Å². The summed E-state index contributed by atoms with van der Waals surface area (Å²) < 4.78 is 0. The van der Waals surface area contributed by atoms with Gasteiger partial charge in [0.05, 0.1) is 6.67 Å². The van der Waals surface area contributed by atoms with Crippen molar-refractivity contribution in [2.24, 2.45) is 0 Å². The third kappa shape index (κ3) is 4.09. The first-order valence-corrected chi connectivity index (χ1v) is 8.16. The van der Waals surface area contributed by atoms with Gasteiger partial charge in [0.25, 0.3) is 0 Å². The van der Waals surface area contributed by atoms with Crippen molar-refractivity contribution in [3.8, 4) is 11.5 Å². The van der Waals surface area contributed by atoms with Crippen LogP contribution in [0.1, 0.15) is 11.1 Å². The minimum absolute atomic E-state index is 0.264. The molecule has 1 heterocycles. The molecule has 0 saturated carbocycles. The van der Waals surface area contributed by atoms with Crippen LogP contribution in [0.2, 0.25) is 10.0 Å². The number of hydrogen-bond acceptors (Lipinski definition) is 4. The van der Waals surface area contributed by atoms with Crippen molar-refractivity contribution in [2.45, 2.75) is 13.1 Å². The van der Waals surface area contributed by atoms with Crippen molar-refractivity contribution < 1.29 is 10.2 Å². The molecule has 2 aromatic carbocycles. The molecule has 0 bridgehead atoms. The predicted octanol–water partition coefficient (Wildman–Crippen LogP) is 3.68. The number of nitrogens with zero attached hydrogens (tertiary/aromatic N) is 2. The Bertz CT molecular complexity index is 649. The fourth-order valence-corrected chi connectivity index (χ4v) is 3.20. The van der Waals surface area contributed by atoms with Crippen molar-refractivity contribution in [3.63, 3.8) is 0 Å². The summed E-state index contributed by atoms with van der Waals surface area (Å²) in [6.45, 7) is 3.84. The van der Waals surface area contributed by atoms with E-state index >= 15 is 0 Å². The summed E-state index contributed by atoms with van der Waals surface area (Å²) in [4.78, 5) is 4.46. The second-order valence-corrected chi connectivity index (χ2v) is 6.67. The summed E-state index contributed by atoms with van der Waals surface area (Å²) in [6.07, 6.45) is 0. The molecule has 0 atom stereocenters. The summed E-state index contributed by atoms with van der Waals surface area (Å²) >= 11 is 12.0. The van der Waals surface area contributed by atoms with Gasteiger partial charge in [-0.1, -0.05) is 23.2 Å². The Morgan fingerprint density at radius 2 is 1.22 bits per heavy atom. The molecule has 0 radical (unpaired) electrons. The maximum absolute atomic E-state index is 9.92. The largest absolute Gasteiger partial charge is 0.508 e. The smallest absolute Gasteiger partial charge is 0.120 e. The zero-order valence-electron chi connectivity index (χ0n) is 12.5. The van der Waals surface area contributed by atoms with Crippen molar-refractivity contribution in [2.75, 3.05) is 19.8 Å². The van der Waals surface area contributed by atoms with Crippen LogP contribution in [0, 0.1) is 0 Å². The standard InChI is InChI=1S/C17H18Cl2N2O2/c18-14-1-3-16(22)12(7-14)9-20-5-6-21(11-20)10-13-8-15(19)2-4-17(13)23/h1-4,7-8,22-23H,5-6,9-11H2. The highest BCUT2D eigenvalue weighted by atomic mass is 35.5. The zero-order chi connectivity index (χ0) is 16.4. The van der Waals surface area contributed by atoms with Crippen LogP contribution in [0.5, 0.6) is 11.5 Å². The van der Waals surface area contributed by atoms with Crippen LogP contribution in [-0.2, 0) is 13.1 Å². The summed E-state index contributed by atoms with van der Waals surface area (Å²) in [7, 11) is 0. The van der Waals surface area contributed by atoms with Gasteiger partial charge in [-0.15, -0.1) is 0 Å². The highest BCUT2D eigenvalue weighted by molar-refractivity contribution is 6.31. The fourth-order valence-electron chi connectivity index (χ4n) is 2.81. The van der Waals surface area contributed by atoms with Gasteiger partial charge in [-0.3, -0.25) is 9.80 Å². The number of hydrogen-bond donors (Lipinski definition) is 2. The predicted molar refractivity (Wildman–Crippen MR) is 91.9 cm³/mol. The van der Waals surface area contributed by atoms with Crippen molar-refractivity contribution >= 4 is 23.2 Å². The van der Waals surface area contributed by atoms with Crippen molar-refractivity contribution in [1.82, 2.24) is 9.80 Å². The second-order valence-electron chi connectivity index (χ2n) is 5.79. The quantitative estimate of drug-likeness (QED) is 0.880. The van der Waals surface area contributed by atoms with E-state index in [0.29, 0.717) is 23.1 Å². The van der Waals surface area contributed by atoms with Crippen molar-refractivity contribution in [1.29, 1.82) is 0 Å². The molecular weight excluding hydrogens is 335 g/mol. The highest BCUT2D eigenvalue weighted by Gasteiger charge is 2.21. The van der Waals surface area contributed by atoms with Gasteiger partial charge in [0.1, 0.15) is 11.5 Å². The molecule has 122 valence electrons. The molecule has 1 fully saturated rings. The van der Waals surface area contributed by atoms with Crippen LogP contribution in [-0.4, -0.2) is 39.8 Å². The van der Waals surface area contributed by atoms with E-state index in [1.807, 2.05) is 0 Å². The average Bonchev–Trinajstić information content (AvgIpc) is 2.94. The van der Waals surface area contributed by atoms with Gasteiger partial charge in [0.2, 0.25) is 0 Å². The summed E-state index contributed by atoms with van der Waals surface area (Å²) in [6, 6.07) is 10.2. The average molecular weight is 353 g/mol. The first-order valence-electron chi connectivity index (χ1n) is 7.41. The minimum atomic E-state index is 0.264. The summed E-state index contributed by atoms with van der Waals surface area (Å²) in [5.41, 5.74) is 1.65. The number of phenolic OH excluding ortho intramolecular Hbond substituents is 2. The fraction of sp³-hybridized carbons (Fsp3) is 0.294. The van der Waals surface area contributed by atoms with E-state index in [9.17, 15) is 10.2 Å². The van der Waals surface area contributed by atoms with Crippen LogP contribution in [0.4, 0.5) is 0 Å². The lowest BCUT2D eigenvalue weighted by Gasteiger charge is -2.19. The molecule has 4 nitrogen and oxygen atoms in total. The second kappa shape index (κ2) is 6.97. The number of rotatable bonds is 4. The number of benzene rings is 2. The van der Waals surface area contributed by atoms with E-state index in [-0.39, 0.29) is 11.5 Å². The first kappa shape index (κ1) is 16.4. The monoisotopic (exact) mass is 352 g/mol. The Labute approximate surface area is 145 Å². The lowest BCUT2D eigenvalue weighted by molar-refractivity contribution is 0.231. The SMILES string of the molecule is Oc1ccc(Cl)cc1CN1CCN(Cc2cc(Cl)ccc2O)C1. The van der Waals surface area contributed by atoms with Crippen molar-refractivity contribution in [3.05, 3.63) is 57.6 Å². The molecule has 0 spiro atoms. The Morgan fingerprint density at radius 3 is 1.65 bits per heavy atom. The minimum Gasteiger partial charge on any atom is -0.508 e. The maximum atomic E-state index is 9.92. The van der Waals surface area contributed by atoms with E-state index in [1.54, 1.807) is 36.4 Å². The third-order valence-corrected chi connectivity index (χ3v) is 4.47. The van der Waals surface area contributed by atoms with E-state index in [2.05, 4.69) is 9.80 Å². The molecule has 2 N–H and O–H groups in total. The maximum Gasteiger partial charge on any atom is 0.120 e. The molecule has 1 saturated heterocycles.